The molecule has 0 N–H and O–H groups in total. The minimum Gasteiger partial charge on any atom is -0.243 e. The van der Waals surface area contributed by atoms with E-state index in [0.717, 1.165) is 10.6 Å². The van der Waals surface area contributed by atoms with Crippen molar-refractivity contribution in [3.05, 3.63) is 58.1 Å². The largest absolute Gasteiger partial charge is 0.372 e. The van der Waals surface area contributed by atoms with Crippen LogP contribution in [0.1, 0.15) is 5.56 Å². The highest BCUT2D eigenvalue weighted by atomic mass is 19.1. The van der Waals surface area contributed by atoms with Crippen LogP contribution in [-0.2, 0) is 0 Å². The van der Waals surface area contributed by atoms with Crippen LogP contribution in [0.5, 0.6) is 0 Å². The maximum atomic E-state index is 13.9. The van der Waals surface area contributed by atoms with Gasteiger partial charge in [0, 0.05) is 12.3 Å². The van der Waals surface area contributed by atoms with Gasteiger partial charge in [0.25, 0.3) is 0 Å². The molecule has 3 rings (SSSR count). The van der Waals surface area contributed by atoms with Crippen LogP contribution < -0.4 is 5.69 Å². The van der Waals surface area contributed by atoms with Crippen molar-refractivity contribution in [3.63, 3.8) is 0 Å². The second-order valence-corrected chi connectivity index (χ2v) is 3.88. The number of hydrogen-bond donors (Lipinski definition) is 0. The van der Waals surface area contributed by atoms with Gasteiger partial charge in [-0.2, -0.15) is 19.6 Å². The molecule has 8 heteroatoms. The van der Waals surface area contributed by atoms with Crippen LogP contribution in [0.3, 0.4) is 0 Å². The van der Waals surface area contributed by atoms with E-state index in [0.29, 0.717) is 10.7 Å². The van der Waals surface area contributed by atoms with Gasteiger partial charge in [-0.15, -0.1) is 5.10 Å². The number of nitrogens with zero attached hydrogens (tertiary/aromatic N) is 5. The van der Waals surface area contributed by atoms with E-state index in [2.05, 4.69) is 10.2 Å². The minimum absolute atomic E-state index is 0.196. The number of halogens is 2. The van der Waals surface area contributed by atoms with Crippen LogP contribution in [0.15, 0.2) is 35.3 Å². The summed E-state index contributed by atoms with van der Waals surface area (Å²) in [6.45, 7) is 0. The Morgan fingerprint density at radius 2 is 2.05 bits per heavy atom. The molecular formula is C12H5F2N5O. The molecule has 0 bridgehead atoms. The Morgan fingerprint density at radius 3 is 2.75 bits per heavy atom. The molecule has 20 heavy (non-hydrogen) atoms. The SMILES string of the molecule is N#Cc1cc(F)c(-n2nc3cccnn3c2=O)cc1F. The maximum absolute atomic E-state index is 13.9. The maximum Gasteiger partial charge on any atom is 0.372 e. The molecular weight excluding hydrogens is 268 g/mol. The molecule has 1 aromatic carbocycles. The fourth-order valence-corrected chi connectivity index (χ4v) is 1.76. The molecule has 0 aliphatic rings. The van der Waals surface area contributed by atoms with Crippen LogP contribution >= 0.6 is 0 Å². The first-order valence-electron chi connectivity index (χ1n) is 5.44. The normalized spacial score (nSPS) is 10.7. The Bertz CT molecular complexity index is 922. The lowest BCUT2D eigenvalue weighted by Gasteiger charge is -2.02. The molecule has 0 saturated heterocycles. The summed E-state index contributed by atoms with van der Waals surface area (Å²) in [5.41, 5.74) is -1.36. The Morgan fingerprint density at radius 1 is 1.25 bits per heavy atom. The van der Waals surface area contributed by atoms with E-state index in [4.69, 9.17) is 5.26 Å². The molecule has 2 heterocycles. The third kappa shape index (κ3) is 1.65. The van der Waals surface area contributed by atoms with Gasteiger partial charge >= 0.3 is 5.69 Å². The fraction of sp³-hybridized carbons (Fsp3) is 0. The van der Waals surface area contributed by atoms with Gasteiger partial charge < -0.3 is 0 Å². The highest BCUT2D eigenvalue weighted by molar-refractivity contribution is 5.43. The average Bonchev–Trinajstić information content (AvgIpc) is 2.78. The van der Waals surface area contributed by atoms with Crippen molar-refractivity contribution in [1.82, 2.24) is 19.4 Å². The zero-order chi connectivity index (χ0) is 14.3. The molecule has 3 aromatic rings. The smallest absolute Gasteiger partial charge is 0.243 e. The summed E-state index contributed by atoms with van der Waals surface area (Å²) in [6, 6.07) is 6.04. The average molecular weight is 273 g/mol. The zero-order valence-corrected chi connectivity index (χ0v) is 9.79. The summed E-state index contributed by atoms with van der Waals surface area (Å²) in [5, 5.41) is 16.2. The van der Waals surface area contributed by atoms with Gasteiger partial charge in [-0.3, -0.25) is 0 Å². The molecule has 0 amide bonds. The Labute approximate surface area is 110 Å². The number of aromatic nitrogens is 4. The van der Waals surface area contributed by atoms with Gasteiger partial charge in [-0.05, 0) is 18.2 Å². The van der Waals surface area contributed by atoms with Crippen molar-refractivity contribution in [2.75, 3.05) is 0 Å². The molecule has 0 unspecified atom stereocenters. The molecule has 6 nitrogen and oxygen atoms in total. The van der Waals surface area contributed by atoms with Gasteiger partial charge in [0.1, 0.15) is 17.6 Å². The summed E-state index contributed by atoms with van der Waals surface area (Å²) in [6.07, 6.45) is 1.37. The van der Waals surface area contributed by atoms with Crippen molar-refractivity contribution < 1.29 is 8.78 Å². The van der Waals surface area contributed by atoms with E-state index in [1.807, 2.05) is 0 Å². The van der Waals surface area contributed by atoms with Crippen LogP contribution in [-0.4, -0.2) is 19.4 Å². The van der Waals surface area contributed by atoms with Gasteiger partial charge in [-0.25, -0.2) is 13.6 Å². The van der Waals surface area contributed by atoms with Crippen molar-refractivity contribution in [2.45, 2.75) is 0 Å². The standard InChI is InChI=1S/C12H5F2N5O/c13-8-5-10(9(14)4-7(8)6-15)18-12(20)19-11(17-18)2-1-3-16-19/h1-5H. The fourth-order valence-electron chi connectivity index (χ4n) is 1.76. The van der Waals surface area contributed by atoms with Gasteiger partial charge in [0.2, 0.25) is 0 Å². The van der Waals surface area contributed by atoms with Gasteiger partial charge in [-0.1, -0.05) is 0 Å². The Hall–Kier alpha value is -3.08. The van der Waals surface area contributed by atoms with Crippen LogP contribution in [0.2, 0.25) is 0 Å². The molecule has 0 spiro atoms. The predicted octanol–water partition coefficient (Wildman–Crippen LogP) is 1.03. The Kier molecular flexibility index (Phi) is 2.54. The highest BCUT2D eigenvalue weighted by Crippen LogP contribution is 2.16. The quantitative estimate of drug-likeness (QED) is 0.663. The van der Waals surface area contributed by atoms with Crippen LogP contribution in [0.25, 0.3) is 11.3 Å². The van der Waals surface area contributed by atoms with Crippen molar-refractivity contribution in [3.8, 4) is 11.8 Å². The van der Waals surface area contributed by atoms with Crippen molar-refractivity contribution in [2.24, 2.45) is 0 Å². The second-order valence-electron chi connectivity index (χ2n) is 3.88. The van der Waals surface area contributed by atoms with E-state index in [9.17, 15) is 13.6 Å². The number of hydrogen-bond acceptors (Lipinski definition) is 4. The summed E-state index contributed by atoms with van der Waals surface area (Å²) in [7, 11) is 0. The first-order chi connectivity index (χ1) is 9.61. The van der Waals surface area contributed by atoms with Crippen LogP contribution in [0, 0.1) is 23.0 Å². The third-order valence-electron chi connectivity index (χ3n) is 2.68. The summed E-state index contributed by atoms with van der Waals surface area (Å²) < 4.78 is 29.1. The molecule has 0 saturated carbocycles. The number of benzene rings is 1. The summed E-state index contributed by atoms with van der Waals surface area (Å²) in [5.74, 6) is -1.85. The van der Waals surface area contributed by atoms with Crippen molar-refractivity contribution >= 4 is 5.65 Å². The molecule has 0 atom stereocenters. The summed E-state index contributed by atoms with van der Waals surface area (Å²) >= 11 is 0. The van der Waals surface area contributed by atoms with Crippen LogP contribution in [0.4, 0.5) is 8.78 Å². The van der Waals surface area contributed by atoms with E-state index >= 15 is 0 Å². The Balaban J connectivity index is 2.32. The minimum atomic E-state index is -0.930. The molecule has 0 fully saturated rings. The first kappa shape index (κ1) is 12.0. The molecule has 98 valence electrons. The zero-order valence-electron chi connectivity index (χ0n) is 9.79. The van der Waals surface area contributed by atoms with E-state index in [1.54, 1.807) is 6.07 Å². The number of fused-ring (bicyclic) bond motifs is 1. The lowest BCUT2D eigenvalue weighted by Crippen LogP contribution is -2.22. The monoisotopic (exact) mass is 273 g/mol. The van der Waals surface area contributed by atoms with E-state index in [-0.39, 0.29) is 11.3 Å². The molecule has 0 aliphatic heterocycles. The van der Waals surface area contributed by atoms with Gasteiger partial charge in [0.15, 0.2) is 11.5 Å². The van der Waals surface area contributed by atoms with E-state index < -0.39 is 22.9 Å². The third-order valence-corrected chi connectivity index (χ3v) is 2.68. The lowest BCUT2D eigenvalue weighted by atomic mass is 10.2. The number of rotatable bonds is 1. The first-order valence-corrected chi connectivity index (χ1v) is 5.44. The van der Waals surface area contributed by atoms with Crippen molar-refractivity contribution in [1.29, 1.82) is 5.26 Å². The second kappa shape index (κ2) is 4.24. The molecule has 2 aromatic heterocycles. The lowest BCUT2D eigenvalue weighted by molar-refractivity contribution is 0.581. The summed E-state index contributed by atoms with van der Waals surface area (Å²) in [4.78, 5) is 12.0. The highest BCUT2D eigenvalue weighted by Gasteiger charge is 2.16. The molecule has 0 radical (unpaired) electrons. The number of nitriles is 1. The van der Waals surface area contributed by atoms with Gasteiger partial charge in [0.05, 0.1) is 5.56 Å². The predicted molar refractivity (Wildman–Crippen MR) is 63.2 cm³/mol. The molecule has 0 aliphatic carbocycles. The van der Waals surface area contributed by atoms with E-state index in [1.165, 1.54) is 18.3 Å². The topological polar surface area (TPSA) is 76.0 Å².